The van der Waals surface area contributed by atoms with Gasteiger partial charge in [-0.15, -0.1) is 0 Å². The van der Waals surface area contributed by atoms with Crippen LogP contribution in [0.3, 0.4) is 0 Å². The van der Waals surface area contributed by atoms with Crippen molar-refractivity contribution >= 4 is 5.91 Å². The molecule has 0 spiro atoms. The van der Waals surface area contributed by atoms with E-state index >= 15 is 0 Å². The van der Waals surface area contributed by atoms with Gasteiger partial charge in [-0.3, -0.25) is 9.48 Å². The van der Waals surface area contributed by atoms with Crippen molar-refractivity contribution in [3.8, 4) is 17.0 Å². The molecule has 1 N–H and O–H groups in total. The van der Waals surface area contributed by atoms with E-state index in [1.807, 2.05) is 83.7 Å². The van der Waals surface area contributed by atoms with Gasteiger partial charge in [0.1, 0.15) is 11.4 Å². The van der Waals surface area contributed by atoms with Crippen LogP contribution in [0.4, 0.5) is 0 Å². The number of fused-ring (bicyclic) bond motifs is 1. The predicted octanol–water partition coefficient (Wildman–Crippen LogP) is 4.85. The molecule has 0 fully saturated rings. The highest BCUT2D eigenvalue weighted by Gasteiger charge is 2.25. The Kier molecular flexibility index (Phi) is 5.23. The molecular formula is C26H23N3O2. The number of carbonyl (C=O) groups excluding carboxylic acids is 1. The molecule has 1 atom stereocenters. The van der Waals surface area contributed by atoms with Crippen LogP contribution in [0.5, 0.6) is 5.75 Å². The molecule has 5 rings (SSSR count). The number of hydrogen-bond donors (Lipinski definition) is 1. The average molecular weight is 409 g/mol. The summed E-state index contributed by atoms with van der Waals surface area (Å²) in [5, 5.41) is 7.97. The Labute approximate surface area is 181 Å². The first-order valence-electron chi connectivity index (χ1n) is 10.5. The van der Waals surface area contributed by atoms with E-state index in [1.165, 1.54) is 0 Å². The summed E-state index contributed by atoms with van der Waals surface area (Å²) in [6.45, 7) is 1.19. The molecule has 3 aromatic carbocycles. The van der Waals surface area contributed by atoms with Crippen molar-refractivity contribution in [2.45, 2.75) is 19.0 Å². The Bertz CT molecular complexity index is 1190. The standard InChI is InChI=1S/C26H23N3O2/c30-26(27-23-15-16-31-24-14-8-7-13-21(23)24)22-18-29(17-19-9-3-1-4-10-19)28-25(22)20-11-5-2-6-12-20/h1-14,18,23H,15-17H2,(H,27,30). The fourth-order valence-corrected chi connectivity index (χ4v) is 3.98. The first-order valence-corrected chi connectivity index (χ1v) is 10.5. The SMILES string of the molecule is O=C(NC1CCOc2ccccc21)c1cn(Cc2ccccc2)nc1-c1ccccc1. The third-order valence-electron chi connectivity index (χ3n) is 5.50. The summed E-state index contributed by atoms with van der Waals surface area (Å²) in [5.74, 6) is 0.710. The second-order valence-corrected chi connectivity index (χ2v) is 7.64. The van der Waals surface area contributed by atoms with Gasteiger partial charge in [0.25, 0.3) is 5.91 Å². The van der Waals surface area contributed by atoms with Crippen molar-refractivity contribution in [3.63, 3.8) is 0 Å². The molecule has 1 unspecified atom stereocenters. The summed E-state index contributed by atoms with van der Waals surface area (Å²) >= 11 is 0. The average Bonchev–Trinajstić information content (AvgIpc) is 3.24. The maximum absolute atomic E-state index is 13.4. The summed E-state index contributed by atoms with van der Waals surface area (Å²) in [7, 11) is 0. The topological polar surface area (TPSA) is 56.1 Å². The Balaban J connectivity index is 1.47. The number of benzene rings is 3. The van der Waals surface area contributed by atoms with Gasteiger partial charge in [-0.25, -0.2) is 0 Å². The second-order valence-electron chi connectivity index (χ2n) is 7.64. The maximum atomic E-state index is 13.4. The number of nitrogens with one attached hydrogen (secondary N) is 1. The maximum Gasteiger partial charge on any atom is 0.255 e. The summed E-state index contributed by atoms with van der Waals surface area (Å²) in [6.07, 6.45) is 2.58. The van der Waals surface area contributed by atoms with Crippen LogP contribution in [0.2, 0.25) is 0 Å². The van der Waals surface area contributed by atoms with Crippen LogP contribution in [0.25, 0.3) is 11.3 Å². The van der Waals surface area contributed by atoms with Gasteiger partial charge in [0.15, 0.2) is 0 Å². The molecule has 4 aromatic rings. The van der Waals surface area contributed by atoms with Crippen LogP contribution < -0.4 is 10.1 Å². The monoisotopic (exact) mass is 409 g/mol. The largest absolute Gasteiger partial charge is 0.493 e. The minimum Gasteiger partial charge on any atom is -0.493 e. The van der Waals surface area contributed by atoms with Crippen LogP contribution in [-0.4, -0.2) is 22.3 Å². The number of para-hydroxylation sites is 1. The molecule has 1 aromatic heterocycles. The van der Waals surface area contributed by atoms with E-state index in [4.69, 9.17) is 9.84 Å². The van der Waals surface area contributed by atoms with E-state index in [9.17, 15) is 4.79 Å². The van der Waals surface area contributed by atoms with Crippen molar-refractivity contribution in [1.29, 1.82) is 0 Å². The van der Waals surface area contributed by atoms with E-state index < -0.39 is 0 Å². The Morgan fingerprint density at radius 3 is 2.48 bits per heavy atom. The predicted molar refractivity (Wildman–Crippen MR) is 120 cm³/mol. The van der Waals surface area contributed by atoms with Gasteiger partial charge in [0.05, 0.1) is 24.8 Å². The Morgan fingerprint density at radius 1 is 0.968 bits per heavy atom. The van der Waals surface area contributed by atoms with E-state index in [-0.39, 0.29) is 11.9 Å². The van der Waals surface area contributed by atoms with Crippen molar-refractivity contribution in [3.05, 3.63) is 108 Å². The molecule has 0 radical (unpaired) electrons. The molecular weight excluding hydrogens is 386 g/mol. The van der Waals surface area contributed by atoms with Crippen LogP contribution in [0.15, 0.2) is 91.1 Å². The number of aromatic nitrogens is 2. The van der Waals surface area contributed by atoms with Crippen LogP contribution in [0.1, 0.15) is 33.9 Å². The lowest BCUT2D eigenvalue weighted by molar-refractivity contribution is 0.0925. The zero-order valence-corrected chi connectivity index (χ0v) is 17.1. The molecule has 0 bridgehead atoms. The fraction of sp³-hybridized carbons (Fsp3) is 0.154. The first kappa shape index (κ1) is 19.1. The molecule has 0 saturated carbocycles. The number of ether oxygens (including phenoxy) is 1. The summed E-state index contributed by atoms with van der Waals surface area (Å²) < 4.78 is 7.57. The zero-order chi connectivity index (χ0) is 21.0. The van der Waals surface area contributed by atoms with Crippen LogP contribution in [-0.2, 0) is 6.54 Å². The Hall–Kier alpha value is -3.86. The quantitative estimate of drug-likeness (QED) is 0.513. The zero-order valence-electron chi connectivity index (χ0n) is 17.1. The third kappa shape index (κ3) is 4.08. The smallest absolute Gasteiger partial charge is 0.255 e. The molecule has 5 heteroatoms. The summed E-state index contributed by atoms with van der Waals surface area (Å²) in [4.78, 5) is 13.4. The van der Waals surface area contributed by atoms with Gasteiger partial charge in [-0.05, 0) is 11.6 Å². The highest BCUT2D eigenvalue weighted by atomic mass is 16.5. The van der Waals surface area contributed by atoms with Gasteiger partial charge < -0.3 is 10.1 Å². The summed E-state index contributed by atoms with van der Waals surface area (Å²) in [5.41, 5.74) is 4.34. The number of amides is 1. The number of nitrogens with zero attached hydrogens (tertiary/aromatic N) is 2. The molecule has 0 aliphatic carbocycles. The lowest BCUT2D eigenvalue weighted by atomic mass is 10.00. The van der Waals surface area contributed by atoms with Crippen molar-refractivity contribution in [2.24, 2.45) is 0 Å². The van der Waals surface area contributed by atoms with Gasteiger partial charge in [0.2, 0.25) is 0 Å². The van der Waals surface area contributed by atoms with E-state index in [1.54, 1.807) is 0 Å². The lowest BCUT2D eigenvalue weighted by Crippen LogP contribution is -2.32. The first-order chi connectivity index (χ1) is 15.3. The van der Waals surface area contributed by atoms with Gasteiger partial charge >= 0.3 is 0 Å². The highest BCUT2D eigenvalue weighted by Crippen LogP contribution is 2.32. The second kappa shape index (κ2) is 8.48. The number of hydrogen-bond acceptors (Lipinski definition) is 3. The Morgan fingerprint density at radius 2 is 1.68 bits per heavy atom. The van der Waals surface area contributed by atoms with Crippen molar-refractivity contribution in [1.82, 2.24) is 15.1 Å². The van der Waals surface area contributed by atoms with Crippen LogP contribution in [0, 0.1) is 0 Å². The molecule has 31 heavy (non-hydrogen) atoms. The molecule has 5 nitrogen and oxygen atoms in total. The molecule has 2 heterocycles. The van der Waals surface area contributed by atoms with Crippen LogP contribution >= 0.6 is 0 Å². The van der Waals surface area contributed by atoms with Gasteiger partial charge in [0, 0.05) is 23.7 Å². The van der Waals surface area contributed by atoms with Crippen molar-refractivity contribution < 1.29 is 9.53 Å². The molecule has 1 amide bonds. The van der Waals surface area contributed by atoms with Crippen molar-refractivity contribution in [2.75, 3.05) is 6.61 Å². The number of rotatable bonds is 5. The van der Waals surface area contributed by atoms with E-state index in [0.717, 1.165) is 28.9 Å². The lowest BCUT2D eigenvalue weighted by Gasteiger charge is -2.26. The third-order valence-corrected chi connectivity index (χ3v) is 5.50. The fourth-order valence-electron chi connectivity index (χ4n) is 3.98. The minimum absolute atomic E-state index is 0.0847. The molecule has 1 aliphatic rings. The molecule has 1 aliphatic heterocycles. The molecule has 0 saturated heterocycles. The normalized spacial score (nSPS) is 15.0. The van der Waals surface area contributed by atoms with Gasteiger partial charge in [-0.1, -0.05) is 78.9 Å². The summed E-state index contributed by atoms with van der Waals surface area (Å²) in [6, 6.07) is 27.8. The van der Waals surface area contributed by atoms with Gasteiger partial charge in [-0.2, -0.15) is 5.10 Å². The number of carbonyl (C=O) groups is 1. The van der Waals surface area contributed by atoms with E-state index in [0.29, 0.717) is 24.4 Å². The van der Waals surface area contributed by atoms with E-state index in [2.05, 4.69) is 17.4 Å². The highest BCUT2D eigenvalue weighted by molar-refractivity contribution is 6.00. The minimum atomic E-state index is -0.125. The molecule has 154 valence electrons.